The van der Waals surface area contributed by atoms with E-state index in [-0.39, 0.29) is 16.9 Å². The monoisotopic (exact) mass is 267 g/mol. The Morgan fingerprint density at radius 3 is 2.63 bits per heavy atom. The molecule has 3 rings (SSSR count). The van der Waals surface area contributed by atoms with Crippen molar-refractivity contribution < 1.29 is 9.53 Å². The maximum Gasteiger partial charge on any atom is 0.231 e. The third-order valence-corrected chi connectivity index (χ3v) is 5.42. The minimum absolute atomic E-state index is 0.0865. The molecule has 2 aliphatic heterocycles. The Morgan fingerprint density at radius 1 is 1.42 bits per heavy atom. The fraction of sp³-hybridized carbons (Fsp3) is 0.929. The Balaban J connectivity index is 1.74. The normalized spacial score (nSPS) is 36.7. The molecule has 1 amide bonds. The Bertz CT molecular complexity index is 362. The number of likely N-dealkylation sites (tertiary alicyclic amines) is 1. The van der Waals surface area contributed by atoms with Crippen molar-refractivity contribution in [3.63, 3.8) is 0 Å². The van der Waals surface area contributed by atoms with Gasteiger partial charge in [-0.1, -0.05) is 0 Å². The zero-order chi connectivity index (χ0) is 13.5. The lowest BCUT2D eigenvalue weighted by atomic mass is 9.70. The number of nitrogens with one attached hydrogen (secondary N) is 1. The lowest BCUT2D eigenvalue weighted by molar-refractivity contribution is -0.146. The summed E-state index contributed by atoms with van der Waals surface area (Å²) in [6.45, 7) is 3.94. The standard InChI is InChI=1S/C14H25N3O2/c1-19-10-13(4-6-16-7-5-13)12(18)17-8-11-2-3-14(11,15)9-17/h11,16H,2-10,15H2,1H3/t11-,14-/m0/s1. The molecule has 0 spiro atoms. The first-order chi connectivity index (χ1) is 9.10. The molecule has 3 aliphatic rings. The summed E-state index contributed by atoms with van der Waals surface area (Å²) in [4.78, 5) is 15.0. The van der Waals surface area contributed by atoms with Gasteiger partial charge in [0, 0.05) is 25.7 Å². The Kier molecular flexibility index (Phi) is 3.31. The molecule has 1 saturated carbocycles. The molecule has 3 fully saturated rings. The lowest BCUT2D eigenvalue weighted by Gasteiger charge is -2.40. The van der Waals surface area contributed by atoms with Crippen molar-refractivity contribution in [3.05, 3.63) is 0 Å². The molecule has 3 N–H and O–H groups in total. The van der Waals surface area contributed by atoms with Crippen LogP contribution in [0.3, 0.4) is 0 Å². The highest BCUT2D eigenvalue weighted by Gasteiger charge is 2.54. The van der Waals surface area contributed by atoms with Crippen molar-refractivity contribution in [2.45, 2.75) is 31.2 Å². The number of carbonyl (C=O) groups excluding carboxylic acids is 1. The first-order valence-corrected chi connectivity index (χ1v) is 7.38. The Labute approximate surface area is 114 Å². The van der Waals surface area contributed by atoms with E-state index in [1.807, 2.05) is 4.90 Å². The molecule has 1 aliphatic carbocycles. The van der Waals surface area contributed by atoms with Crippen LogP contribution in [0.15, 0.2) is 0 Å². The number of hydrogen-bond acceptors (Lipinski definition) is 4. The molecule has 2 heterocycles. The van der Waals surface area contributed by atoms with Crippen molar-refractivity contribution in [1.82, 2.24) is 10.2 Å². The number of ether oxygens (including phenoxy) is 1. The molecule has 19 heavy (non-hydrogen) atoms. The smallest absolute Gasteiger partial charge is 0.231 e. The summed E-state index contributed by atoms with van der Waals surface area (Å²) in [5.41, 5.74) is 5.94. The number of fused-ring (bicyclic) bond motifs is 1. The number of rotatable bonds is 3. The van der Waals surface area contributed by atoms with Gasteiger partial charge in [0.2, 0.25) is 5.91 Å². The van der Waals surface area contributed by atoms with Crippen molar-refractivity contribution in [3.8, 4) is 0 Å². The SMILES string of the molecule is COCC1(C(=O)N2C[C@@H]3CC[C@]3(N)C2)CCNCC1. The number of nitrogens with two attached hydrogens (primary N) is 1. The van der Waals surface area contributed by atoms with E-state index in [9.17, 15) is 4.79 Å². The van der Waals surface area contributed by atoms with Gasteiger partial charge in [0.15, 0.2) is 0 Å². The molecule has 0 aromatic rings. The van der Waals surface area contributed by atoms with Gasteiger partial charge in [-0.25, -0.2) is 0 Å². The van der Waals surface area contributed by atoms with Crippen LogP contribution < -0.4 is 11.1 Å². The minimum Gasteiger partial charge on any atom is -0.384 e. The van der Waals surface area contributed by atoms with Crippen molar-refractivity contribution in [1.29, 1.82) is 0 Å². The van der Waals surface area contributed by atoms with Crippen LogP contribution in [0.2, 0.25) is 0 Å². The summed E-state index contributed by atoms with van der Waals surface area (Å²) in [6.07, 6.45) is 4.00. The summed E-state index contributed by atoms with van der Waals surface area (Å²) >= 11 is 0. The summed E-state index contributed by atoms with van der Waals surface area (Å²) in [5.74, 6) is 0.799. The average molecular weight is 267 g/mol. The first-order valence-electron chi connectivity index (χ1n) is 7.38. The zero-order valence-corrected chi connectivity index (χ0v) is 11.8. The molecule has 0 bridgehead atoms. The zero-order valence-electron chi connectivity index (χ0n) is 11.8. The molecule has 2 atom stereocenters. The molecule has 5 heteroatoms. The van der Waals surface area contributed by atoms with Gasteiger partial charge in [-0.3, -0.25) is 4.79 Å². The van der Waals surface area contributed by atoms with Gasteiger partial charge < -0.3 is 20.7 Å². The van der Waals surface area contributed by atoms with E-state index in [0.29, 0.717) is 12.5 Å². The van der Waals surface area contributed by atoms with Gasteiger partial charge in [0.25, 0.3) is 0 Å². The number of methoxy groups -OCH3 is 1. The number of amides is 1. The molecular formula is C14H25N3O2. The summed E-state index contributed by atoms with van der Waals surface area (Å²) in [5, 5.41) is 3.33. The topological polar surface area (TPSA) is 67.6 Å². The summed E-state index contributed by atoms with van der Waals surface area (Å²) in [6, 6.07) is 0. The molecule has 0 radical (unpaired) electrons. The van der Waals surface area contributed by atoms with Crippen LogP contribution in [0.1, 0.15) is 25.7 Å². The second-order valence-corrected chi connectivity index (χ2v) is 6.62. The highest BCUT2D eigenvalue weighted by atomic mass is 16.5. The van der Waals surface area contributed by atoms with Gasteiger partial charge in [-0.05, 0) is 44.7 Å². The van der Waals surface area contributed by atoms with Crippen LogP contribution in [0.25, 0.3) is 0 Å². The number of carbonyl (C=O) groups is 1. The number of nitrogens with zero attached hydrogens (tertiary/aromatic N) is 1. The molecule has 0 unspecified atom stereocenters. The number of hydrogen-bond donors (Lipinski definition) is 2. The van der Waals surface area contributed by atoms with Gasteiger partial charge in [0.05, 0.1) is 12.0 Å². The van der Waals surface area contributed by atoms with Crippen LogP contribution in [0.4, 0.5) is 0 Å². The van der Waals surface area contributed by atoms with Crippen molar-refractivity contribution >= 4 is 5.91 Å². The fourth-order valence-corrected chi connectivity index (χ4v) is 3.98. The molecule has 0 aromatic carbocycles. The highest BCUT2D eigenvalue weighted by Crippen LogP contribution is 2.44. The van der Waals surface area contributed by atoms with E-state index in [2.05, 4.69) is 5.32 Å². The van der Waals surface area contributed by atoms with Gasteiger partial charge in [-0.15, -0.1) is 0 Å². The third-order valence-electron chi connectivity index (χ3n) is 5.42. The molecule has 2 saturated heterocycles. The predicted octanol–water partition coefficient (Wildman–Crippen LogP) is -0.0477. The van der Waals surface area contributed by atoms with E-state index in [0.717, 1.165) is 45.4 Å². The number of piperidine rings is 1. The maximum absolute atomic E-state index is 12.9. The minimum atomic E-state index is -0.319. The van der Waals surface area contributed by atoms with Crippen molar-refractivity contribution in [2.24, 2.45) is 17.1 Å². The molecule has 0 aromatic heterocycles. The molecule has 108 valence electrons. The maximum atomic E-state index is 12.9. The summed E-state index contributed by atoms with van der Waals surface area (Å²) < 4.78 is 5.35. The van der Waals surface area contributed by atoms with Crippen LogP contribution in [0, 0.1) is 11.3 Å². The lowest BCUT2D eigenvalue weighted by Crippen LogP contribution is -2.55. The quantitative estimate of drug-likeness (QED) is 0.752. The predicted molar refractivity (Wildman–Crippen MR) is 72.6 cm³/mol. The van der Waals surface area contributed by atoms with E-state index >= 15 is 0 Å². The van der Waals surface area contributed by atoms with Crippen molar-refractivity contribution in [2.75, 3.05) is 39.9 Å². The summed E-state index contributed by atoms with van der Waals surface area (Å²) in [7, 11) is 1.69. The van der Waals surface area contributed by atoms with Gasteiger partial charge >= 0.3 is 0 Å². The van der Waals surface area contributed by atoms with Crippen LogP contribution in [-0.4, -0.2) is 56.2 Å². The van der Waals surface area contributed by atoms with E-state index in [4.69, 9.17) is 10.5 Å². The van der Waals surface area contributed by atoms with Gasteiger partial charge in [-0.2, -0.15) is 0 Å². The highest BCUT2D eigenvalue weighted by molar-refractivity contribution is 5.83. The van der Waals surface area contributed by atoms with E-state index in [1.165, 1.54) is 6.42 Å². The Hall–Kier alpha value is -0.650. The van der Waals surface area contributed by atoms with E-state index < -0.39 is 0 Å². The van der Waals surface area contributed by atoms with E-state index in [1.54, 1.807) is 7.11 Å². The van der Waals surface area contributed by atoms with Gasteiger partial charge in [0.1, 0.15) is 0 Å². The second kappa shape index (κ2) is 4.72. The fourth-order valence-electron chi connectivity index (χ4n) is 3.98. The van der Waals surface area contributed by atoms with Crippen LogP contribution >= 0.6 is 0 Å². The Morgan fingerprint density at radius 2 is 2.16 bits per heavy atom. The van der Waals surface area contributed by atoms with Crippen LogP contribution in [0.5, 0.6) is 0 Å². The second-order valence-electron chi connectivity index (χ2n) is 6.62. The average Bonchev–Trinajstić information content (AvgIpc) is 2.64. The molecular weight excluding hydrogens is 242 g/mol. The van der Waals surface area contributed by atoms with Crippen LogP contribution in [-0.2, 0) is 9.53 Å². The largest absolute Gasteiger partial charge is 0.384 e. The molecule has 5 nitrogen and oxygen atoms in total. The first kappa shape index (κ1) is 13.3. The third kappa shape index (κ3) is 2.08.